The van der Waals surface area contributed by atoms with Crippen molar-refractivity contribution in [2.75, 3.05) is 0 Å². The average molecular weight is 311 g/mol. The quantitative estimate of drug-likeness (QED) is 0.663. The van der Waals surface area contributed by atoms with Crippen LogP contribution in [0.15, 0.2) is 28.7 Å². The zero-order valence-corrected chi connectivity index (χ0v) is 11.9. The van der Waals surface area contributed by atoms with Gasteiger partial charge in [0.15, 0.2) is 0 Å². The fourth-order valence-electron chi connectivity index (χ4n) is 3.35. The van der Waals surface area contributed by atoms with E-state index in [1.807, 2.05) is 0 Å². The van der Waals surface area contributed by atoms with E-state index in [2.05, 4.69) is 45.6 Å². The molecule has 0 saturated carbocycles. The monoisotopic (exact) mass is 310 g/mol. The van der Waals surface area contributed by atoms with Crippen LogP contribution in [-0.4, -0.2) is 18.2 Å². The fourth-order valence-corrected chi connectivity index (χ4v) is 3.80. The Balaban J connectivity index is 1.69. The Morgan fingerprint density at radius 2 is 2.33 bits per heavy atom. The van der Waals surface area contributed by atoms with Crippen LogP contribution in [0.1, 0.15) is 24.8 Å². The van der Waals surface area contributed by atoms with Crippen molar-refractivity contribution < 1.29 is 4.74 Å². The van der Waals surface area contributed by atoms with Crippen molar-refractivity contribution in [1.82, 2.24) is 5.43 Å². The van der Waals surface area contributed by atoms with E-state index < -0.39 is 0 Å². The second-order valence-corrected chi connectivity index (χ2v) is 6.30. The van der Waals surface area contributed by atoms with E-state index in [1.165, 1.54) is 18.4 Å². The van der Waals surface area contributed by atoms with Crippen LogP contribution in [0.25, 0.3) is 0 Å². The second-order valence-electron chi connectivity index (χ2n) is 5.38. The third-order valence-corrected chi connectivity index (χ3v) is 4.72. The number of ether oxygens (including phenoxy) is 1. The van der Waals surface area contributed by atoms with Crippen molar-refractivity contribution in [3.05, 3.63) is 34.3 Å². The highest BCUT2D eigenvalue weighted by molar-refractivity contribution is 9.10. The highest BCUT2D eigenvalue weighted by atomic mass is 79.9. The van der Waals surface area contributed by atoms with Gasteiger partial charge in [-0.2, -0.15) is 0 Å². The lowest BCUT2D eigenvalue weighted by Gasteiger charge is -2.28. The van der Waals surface area contributed by atoms with Gasteiger partial charge in [-0.3, -0.25) is 11.3 Å². The fraction of sp³-hybridized carbons (Fsp3) is 0.571. The maximum atomic E-state index is 5.92. The van der Waals surface area contributed by atoms with Gasteiger partial charge < -0.3 is 4.74 Å². The van der Waals surface area contributed by atoms with Gasteiger partial charge in [-0.1, -0.05) is 28.1 Å². The number of rotatable bonds is 4. The van der Waals surface area contributed by atoms with Crippen LogP contribution in [0.2, 0.25) is 0 Å². The molecule has 2 fully saturated rings. The summed E-state index contributed by atoms with van der Waals surface area (Å²) in [6, 6.07) is 8.76. The highest BCUT2D eigenvalue weighted by Gasteiger charge is 2.43. The van der Waals surface area contributed by atoms with E-state index in [1.54, 1.807) is 0 Å². The van der Waals surface area contributed by atoms with Crippen molar-refractivity contribution in [2.24, 2.45) is 11.8 Å². The molecule has 98 valence electrons. The highest BCUT2D eigenvalue weighted by Crippen LogP contribution is 2.40. The zero-order valence-electron chi connectivity index (χ0n) is 10.3. The predicted octanol–water partition coefficient (Wildman–Crippen LogP) is 2.39. The number of halogens is 1. The number of nitrogens with one attached hydrogen (secondary N) is 1. The molecular formula is C14H19BrN2O. The van der Waals surface area contributed by atoms with Crippen LogP contribution in [-0.2, 0) is 11.2 Å². The van der Waals surface area contributed by atoms with Crippen molar-refractivity contribution in [2.45, 2.75) is 43.9 Å². The van der Waals surface area contributed by atoms with E-state index in [4.69, 9.17) is 10.6 Å². The Kier molecular flexibility index (Phi) is 3.71. The first kappa shape index (κ1) is 12.6. The van der Waals surface area contributed by atoms with Crippen LogP contribution in [0, 0.1) is 5.92 Å². The minimum atomic E-state index is 0.314. The summed E-state index contributed by atoms with van der Waals surface area (Å²) in [5.74, 6) is 6.32. The molecule has 0 aliphatic carbocycles. The zero-order chi connectivity index (χ0) is 12.5. The summed E-state index contributed by atoms with van der Waals surface area (Å²) in [4.78, 5) is 0. The molecule has 0 amide bonds. The lowest BCUT2D eigenvalue weighted by molar-refractivity contribution is 0.0857. The van der Waals surface area contributed by atoms with Crippen molar-refractivity contribution in [1.29, 1.82) is 0 Å². The van der Waals surface area contributed by atoms with Gasteiger partial charge in [0.25, 0.3) is 0 Å². The second kappa shape index (κ2) is 5.29. The van der Waals surface area contributed by atoms with Gasteiger partial charge in [-0.05, 0) is 43.4 Å². The summed E-state index contributed by atoms with van der Waals surface area (Å²) in [6.07, 6.45) is 5.46. The normalized spacial score (nSPS) is 31.8. The third kappa shape index (κ3) is 2.48. The largest absolute Gasteiger partial charge is 0.375 e. The Hall–Kier alpha value is -0.420. The SMILES string of the molecule is NNC(Cc1cccc(Br)c1)C1CC2CCC1O2. The molecule has 0 radical (unpaired) electrons. The van der Waals surface area contributed by atoms with Gasteiger partial charge in [0, 0.05) is 16.4 Å². The maximum absolute atomic E-state index is 5.92. The molecule has 4 atom stereocenters. The van der Waals surface area contributed by atoms with Crippen LogP contribution in [0.4, 0.5) is 0 Å². The molecule has 3 nitrogen and oxygen atoms in total. The van der Waals surface area contributed by atoms with Crippen molar-refractivity contribution in [3.63, 3.8) is 0 Å². The third-order valence-electron chi connectivity index (χ3n) is 4.23. The van der Waals surface area contributed by atoms with Crippen molar-refractivity contribution >= 4 is 15.9 Å². The molecule has 3 N–H and O–H groups in total. The molecule has 2 aliphatic rings. The van der Waals surface area contributed by atoms with Crippen molar-refractivity contribution in [3.8, 4) is 0 Å². The molecule has 4 unspecified atom stereocenters. The van der Waals surface area contributed by atoms with Crippen LogP contribution < -0.4 is 11.3 Å². The summed E-state index contributed by atoms with van der Waals surface area (Å²) in [7, 11) is 0. The molecule has 4 heteroatoms. The predicted molar refractivity (Wildman–Crippen MR) is 75.0 cm³/mol. The van der Waals surface area contributed by atoms with E-state index >= 15 is 0 Å². The summed E-state index contributed by atoms with van der Waals surface area (Å²) in [6.45, 7) is 0. The van der Waals surface area contributed by atoms with Crippen LogP contribution >= 0.6 is 15.9 Å². The Labute approximate surface area is 116 Å². The van der Waals surface area contributed by atoms with Gasteiger partial charge in [0.1, 0.15) is 0 Å². The number of hydrogen-bond acceptors (Lipinski definition) is 3. The maximum Gasteiger partial charge on any atom is 0.0624 e. The molecule has 1 aromatic carbocycles. The lowest BCUT2D eigenvalue weighted by atomic mass is 9.82. The first-order chi connectivity index (χ1) is 8.76. The average Bonchev–Trinajstić information content (AvgIpc) is 2.98. The van der Waals surface area contributed by atoms with E-state index in [-0.39, 0.29) is 0 Å². The van der Waals surface area contributed by atoms with Crippen LogP contribution in [0.5, 0.6) is 0 Å². The number of hydrogen-bond donors (Lipinski definition) is 2. The molecule has 18 heavy (non-hydrogen) atoms. The Morgan fingerprint density at radius 3 is 2.94 bits per heavy atom. The molecular weight excluding hydrogens is 292 g/mol. The van der Waals surface area contributed by atoms with E-state index in [0.717, 1.165) is 17.3 Å². The molecule has 0 aromatic heterocycles. The summed E-state index contributed by atoms with van der Waals surface area (Å²) in [5.41, 5.74) is 4.32. The summed E-state index contributed by atoms with van der Waals surface area (Å²) < 4.78 is 7.05. The van der Waals surface area contributed by atoms with E-state index in [9.17, 15) is 0 Å². The molecule has 2 saturated heterocycles. The molecule has 3 rings (SSSR count). The van der Waals surface area contributed by atoms with Gasteiger partial charge >= 0.3 is 0 Å². The van der Waals surface area contributed by atoms with Crippen LogP contribution in [0.3, 0.4) is 0 Å². The number of benzene rings is 1. The first-order valence-electron chi connectivity index (χ1n) is 6.62. The van der Waals surface area contributed by atoms with Gasteiger partial charge in [-0.25, -0.2) is 0 Å². The number of nitrogens with two attached hydrogens (primary N) is 1. The summed E-state index contributed by atoms with van der Waals surface area (Å²) >= 11 is 3.51. The number of hydrazine groups is 1. The van der Waals surface area contributed by atoms with E-state index in [0.29, 0.717) is 24.2 Å². The lowest BCUT2D eigenvalue weighted by Crippen LogP contribution is -2.45. The standard InChI is InChI=1S/C14H19BrN2O/c15-10-3-1-2-9(6-10)7-13(17-16)12-8-11-4-5-14(12)18-11/h1-3,6,11-14,17H,4-5,7-8,16H2. The Morgan fingerprint density at radius 1 is 1.44 bits per heavy atom. The molecule has 2 aliphatic heterocycles. The van der Waals surface area contributed by atoms with Gasteiger partial charge in [0.05, 0.1) is 12.2 Å². The molecule has 0 spiro atoms. The van der Waals surface area contributed by atoms with Gasteiger partial charge in [0.2, 0.25) is 0 Å². The first-order valence-corrected chi connectivity index (χ1v) is 7.41. The van der Waals surface area contributed by atoms with Gasteiger partial charge in [-0.15, -0.1) is 0 Å². The smallest absolute Gasteiger partial charge is 0.0624 e. The Bertz CT molecular complexity index is 426. The molecule has 2 heterocycles. The molecule has 1 aromatic rings. The summed E-state index contributed by atoms with van der Waals surface area (Å²) in [5, 5.41) is 0. The molecule has 2 bridgehead atoms. The number of fused-ring (bicyclic) bond motifs is 2. The minimum Gasteiger partial charge on any atom is -0.375 e. The minimum absolute atomic E-state index is 0.314. The topological polar surface area (TPSA) is 47.3 Å².